The van der Waals surface area contributed by atoms with Crippen LogP contribution in [0.4, 0.5) is 11.4 Å². The summed E-state index contributed by atoms with van der Waals surface area (Å²) in [4.78, 5) is 23.4. The first kappa shape index (κ1) is 20.2. The second kappa shape index (κ2) is 7.86. The average molecular weight is 424 g/mol. The van der Waals surface area contributed by atoms with E-state index >= 15 is 0 Å². The molecule has 0 aromatic heterocycles. The molecule has 1 atom stereocenters. The molecule has 2 aromatic carbocycles. The van der Waals surface area contributed by atoms with Gasteiger partial charge in [0.2, 0.25) is 15.9 Å². The van der Waals surface area contributed by atoms with Gasteiger partial charge in [-0.1, -0.05) is 17.7 Å². The molecule has 2 aromatic rings. The van der Waals surface area contributed by atoms with Gasteiger partial charge in [-0.25, -0.2) is 8.42 Å². The maximum absolute atomic E-state index is 12.9. The summed E-state index contributed by atoms with van der Waals surface area (Å²) in [5, 5.41) is 14.1. The van der Waals surface area contributed by atoms with Gasteiger partial charge in [0.1, 0.15) is 6.04 Å². The highest BCUT2D eigenvalue weighted by atomic mass is 35.5. The lowest BCUT2D eigenvalue weighted by molar-refractivity contribution is -0.385. The lowest BCUT2D eigenvalue weighted by Crippen LogP contribution is -2.43. The van der Waals surface area contributed by atoms with Crippen molar-refractivity contribution >= 4 is 38.9 Å². The molecule has 1 fully saturated rings. The van der Waals surface area contributed by atoms with Crippen LogP contribution in [-0.2, 0) is 14.8 Å². The number of amides is 1. The van der Waals surface area contributed by atoms with Gasteiger partial charge in [0.25, 0.3) is 5.69 Å². The Morgan fingerprint density at radius 1 is 1.25 bits per heavy atom. The van der Waals surface area contributed by atoms with Gasteiger partial charge in [-0.2, -0.15) is 4.31 Å². The fourth-order valence-corrected chi connectivity index (χ4v) is 4.99. The number of nitro groups is 1. The molecule has 1 heterocycles. The summed E-state index contributed by atoms with van der Waals surface area (Å²) in [5.41, 5.74) is 0.482. The van der Waals surface area contributed by atoms with Crippen LogP contribution < -0.4 is 5.32 Å². The number of benzene rings is 2. The topological polar surface area (TPSA) is 110 Å². The number of rotatable bonds is 5. The van der Waals surface area contributed by atoms with Crippen LogP contribution in [0.25, 0.3) is 0 Å². The van der Waals surface area contributed by atoms with Gasteiger partial charge in [-0.05, 0) is 50.1 Å². The van der Waals surface area contributed by atoms with E-state index in [4.69, 9.17) is 11.6 Å². The minimum atomic E-state index is -3.87. The Bertz CT molecular complexity index is 1020. The SMILES string of the molecule is Cc1c(NC(=O)[C@H]2CCCN2S(=O)(=O)c2ccc(Cl)cc2)cccc1[N+](=O)[O-]. The first-order chi connectivity index (χ1) is 13.2. The van der Waals surface area contributed by atoms with Crippen molar-refractivity contribution < 1.29 is 18.1 Å². The number of carbonyl (C=O) groups is 1. The highest BCUT2D eigenvalue weighted by molar-refractivity contribution is 7.89. The average Bonchev–Trinajstić information content (AvgIpc) is 3.14. The second-order valence-corrected chi connectivity index (χ2v) is 8.75. The quantitative estimate of drug-likeness (QED) is 0.585. The number of halogens is 1. The number of nitrogens with one attached hydrogen (secondary N) is 1. The Kier molecular flexibility index (Phi) is 5.69. The highest BCUT2D eigenvalue weighted by Gasteiger charge is 2.39. The lowest BCUT2D eigenvalue weighted by atomic mass is 10.1. The molecule has 28 heavy (non-hydrogen) atoms. The van der Waals surface area contributed by atoms with Gasteiger partial charge in [-0.3, -0.25) is 14.9 Å². The van der Waals surface area contributed by atoms with E-state index in [9.17, 15) is 23.3 Å². The molecular weight excluding hydrogens is 406 g/mol. The zero-order valence-electron chi connectivity index (χ0n) is 15.0. The molecule has 0 bridgehead atoms. The third-order valence-corrected chi connectivity index (χ3v) is 6.86. The Morgan fingerprint density at radius 2 is 1.93 bits per heavy atom. The van der Waals surface area contributed by atoms with Crippen molar-refractivity contribution in [1.29, 1.82) is 0 Å². The van der Waals surface area contributed by atoms with Crippen LogP contribution in [-0.4, -0.2) is 36.1 Å². The minimum Gasteiger partial charge on any atom is -0.324 e. The third-order valence-electron chi connectivity index (χ3n) is 4.69. The Morgan fingerprint density at radius 3 is 2.57 bits per heavy atom. The monoisotopic (exact) mass is 423 g/mol. The van der Waals surface area contributed by atoms with Crippen LogP contribution in [0.3, 0.4) is 0 Å². The first-order valence-corrected chi connectivity index (χ1v) is 10.4. The van der Waals surface area contributed by atoms with E-state index in [0.29, 0.717) is 23.4 Å². The summed E-state index contributed by atoms with van der Waals surface area (Å²) < 4.78 is 27.0. The van der Waals surface area contributed by atoms with Crippen molar-refractivity contribution in [2.75, 3.05) is 11.9 Å². The van der Waals surface area contributed by atoms with E-state index in [1.54, 1.807) is 6.07 Å². The van der Waals surface area contributed by atoms with Crippen LogP contribution in [0, 0.1) is 17.0 Å². The van der Waals surface area contributed by atoms with Crippen molar-refractivity contribution in [3.05, 3.63) is 63.2 Å². The van der Waals surface area contributed by atoms with Gasteiger partial charge in [0, 0.05) is 17.6 Å². The van der Waals surface area contributed by atoms with Gasteiger partial charge >= 0.3 is 0 Å². The highest BCUT2D eigenvalue weighted by Crippen LogP contribution is 2.29. The summed E-state index contributed by atoms with van der Waals surface area (Å²) in [5.74, 6) is -0.515. The predicted octanol–water partition coefficient (Wildman–Crippen LogP) is 3.35. The summed E-state index contributed by atoms with van der Waals surface area (Å²) in [6.07, 6.45) is 0.908. The first-order valence-electron chi connectivity index (χ1n) is 8.54. The maximum Gasteiger partial charge on any atom is 0.274 e. The molecule has 0 saturated carbocycles. The van der Waals surface area contributed by atoms with E-state index in [1.807, 2.05) is 0 Å². The largest absolute Gasteiger partial charge is 0.324 e. The van der Waals surface area contributed by atoms with Crippen molar-refractivity contribution in [1.82, 2.24) is 4.31 Å². The van der Waals surface area contributed by atoms with Crippen LogP contribution in [0.15, 0.2) is 47.4 Å². The number of hydrogen-bond donors (Lipinski definition) is 1. The molecule has 0 radical (unpaired) electrons. The minimum absolute atomic E-state index is 0.0585. The Hall–Kier alpha value is -2.49. The molecule has 10 heteroatoms. The molecule has 8 nitrogen and oxygen atoms in total. The Balaban J connectivity index is 1.85. The van der Waals surface area contributed by atoms with Gasteiger partial charge in [0.15, 0.2) is 0 Å². The van der Waals surface area contributed by atoms with Crippen LogP contribution >= 0.6 is 11.6 Å². The van der Waals surface area contributed by atoms with Crippen molar-refractivity contribution in [3.63, 3.8) is 0 Å². The van der Waals surface area contributed by atoms with E-state index in [-0.39, 0.29) is 22.8 Å². The molecule has 3 rings (SSSR count). The van der Waals surface area contributed by atoms with Gasteiger partial charge in [0.05, 0.1) is 21.1 Å². The number of anilines is 1. The zero-order chi connectivity index (χ0) is 20.5. The molecule has 0 spiro atoms. The predicted molar refractivity (Wildman–Crippen MR) is 105 cm³/mol. The third kappa shape index (κ3) is 3.87. The molecule has 1 amide bonds. The summed E-state index contributed by atoms with van der Waals surface area (Å²) >= 11 is 5.82. The number of nitrogens with zero attached hydrogens (tertiary/aromatic N) is 2. The number of nitro benzene ring substituents is 1. The van der Waals surface area contributed by atoms with E-state index < -0.39 is 26.9 Å². The summed E-state index contributed by atoms with van der Waals surface area (Å²) in [7, 11) is -3.87. The fraction of sp³-hybridized carbons (Fsp3) is 0.278. The zero-order valence-corrected chi connectivity index (χ0v) is 16.5. The van der Waals surface area contributed by atoms with Crippen molar-refractivity contribution in [2.24, 2.45) is 0 Å². The number of sulfonamides is 1. The molecule has 148 valence electrons. The molecular formula is C18H18ClN3O5S. The fourth-order valence-electron chi connectivity index (χ4n) is 3.20. The molecule has 1 aliphatic heterocycles. The lowest BCUT2D eigenvalue weighted by Gasteiger charge is -2.23. The standard InChI is InChI=1S/C18H18ClN3O5S/c1-12-15(4-2-5-16(12)22(24)25)20-18(23)17-6-3-11-21(17)28(26,27)14-9-7-13(19)8-10-14/h2,4-5,7-10,17H,3,6,11H2,1H3,(H,20,23)/t17-/m1/s1. The van der Waals surface area contributed by atoms with E-state index in [2.05, 4.69) is 5.32 Å². The molecule has 1 aliphatic rings. The normalized spacial score (nSPS) is 17.4. The van der Waals surface area contributed by atoms with Crippen molar-refractivity contribution in [3.8, 4) is 0 Å². The van der Waals surface area contributed by atoms with E-state index in [1.165, 1.54) is 43.3 Å². The molecule has 1 saturated heterocycles. The summed E-state index contributed by atoms with van der Waals surface area (Å²) in [6, 6.07) is 9.23. The van der Waals surface area contributed by atoms with Crippen LogP contribution in [0.5, 0.6) is 0 Å². The second-order valence-electron chi connectivity index (χ2n) is 6.42. The van der Waals surface area contributed by atoms with Gasteiger partial charge < -0.3 is 5.32 Å². The molecule has 0 unspecified atom stereocenters. The smallest absolute Gasteiger partial charge is 0.274 e. The molecule has 1 N–H and O–H groups in total. The number of carbonyl (C=O) groups excluding carboxylic acids is 1. The van der Waals surface area contributed by atoms with Crippen molar-refractivity contribution in [2.45, 2.75) is 30.7 Å². The van der Waals surface area contributed by atoms with Crippen LogP contribution in [0.1, 0.15) is 18.4 Å². The van der Waals surface area contributed by atoms with Crippen LogP contribution in [0.2, 0.25) is 5.02 Å². The number of hydrogen-bond acceptors (Lipinski definition) is 5. The van der Waals surface area contributed by atoms with Gasteiger partial charge in [-0.15, -0.1) is 0 Å². The van der Waals surface area contributed by atoms with E-state index in [0.717, 1.165) is 4.31 Å². The maximum atomic E-state index is 12.9. The summed E-state index contributed by atoms with van der Waals surface area (Å²) in [6.45, 7) is 1.75. The Labute approximate surface area is 167 Å². The molecule has 0 aliphatic carbocycles.